The Morgan fingerprint density at radius 1 is 1.10 bits per heavy atom. The zero-order valence-electron chi connectivity index (χ0n) is 12.5. The molecule has 5 heteroatoms. The Balaban J connectivity index is 2.50. The Kier molecular flexibility index (Phi) is 4.19. The van der Waals surface area contributed by atoms with Crippen molar-refractivity contribution in [2.24, 2.45) is 0 Å². The smallest absolute Gasteiger partial charge is 0.294 e. The molecule has 0 atom stereocenters. The zero-order valence-corrected chi connectivity index (χ0v) is 13.2. The lowest BCUT2D eigenvalue weighted by molar-refractivity contribution is -0.124. The molecule has 2 rings (SSSR count). The van der Waals surface area contributed by atoms with E-state index in [1.807, 2.05) is 30.5 Å². The van der Waals surface area contributed by atoms with Gasteiger partial charge < -0.3 is 9.47 Å². The number of benzene rings is 1. The number of halogens is 1. The van der Waals surface area contributed by atoms with Crippen molar-refractivity contribution in [2.75, 3.05) is 14.1 Å². The van der Waals surface area contributed by atoms with Crippen LogP contribution in [0, 0.1) is 13.8 Å². The van der Waals surface area contributed by atoms with E-state index in [0.29, 0.717) is 10.6 Å². The van der Waals surface area contributed by atoms with Crippen LogP contribution in [-0.4, -0.2) is 35.3 Å². The first-order valence-corrected chi connectivity index (χ1v) is 6.91. The maximum absolute atomic E-state index is 12.2. The molecule has 0 radical (unpaired) electrons. The molecule has 0 aliphatic heterocycles. The molecule has 2 aromatic rings. The molecule has 1 aromatic carbocycles. The van der Waals surface area contributed by atoms with Gasteiger partial charge in [0, 0.05) is 41.8 Å². The first-order valence-electron chi connectivity index (χ1n) is 6.53. The van der Waals surface area contributed by atoms with Crippen molar-refractivity contribution in [1.29, 1.82) is 0 Å². The van der Waals surface area contributed by atoms with Crippen molar-refractivity contribution < 1.29 is 9.59 Å². The fraction of sp³-hybridized carbons (Fsp3) is 0.250. The molecular weight excluding hydrogens is 288 g/mol. The number of aryl methyl sites for hydroxylation is 1. The van der Waals surface area contributed by atoms with Gasteiger partial charge in [0.05, 0.1) is 0 Å². The number of amides is 1. The standard InChI is InChI=1S/C16H17ClN2O2/c1-10-9-14(15(20)16(21)18(3)4)11(2)19(10)13-7-5-12(17)6-8-13/h5-9H,1-4H3. The average molecular weight is 305 g/mol. The number of nitrogens with zero attached hydrogens (tertiary/aromatic N) is 2. The van der Waals surface area contributed by atoms with Gasteiger partial charge in [0.15, 0.2) is 0 Å². The molecule has 110 valence electrons. The summed E-state index contributed by atoms with van der Waals surface area (Å²) in [7, 11) is 3.14. The molecule has 1 amide bonds. The fourth-order valence-electron chi connectivity index (χ4n) is 2.30. The van der Waals surface area contributed by atoms with Crippen LogP contribution in [0.15, 0.2) is 30.3 Å². The van der Waals surface area contributed by atoms with Crippen LogP contribution in [0.25, 0.3) is 5.69 Å². The molecule has 0 unspecified atom stereocenters. The number of aromatic nitrogens is 1. The number of hydrogen-bond donors (Lipinski definition) is 0. The topological polar surface area (TPSA) is 42.3 Å². The number of hydrogen-bond acceptors (Lipinski definition) is 2. The van der Waals surface area contributed by atoms with E-state index in [2.05, 4.69) is 0 Å². The van der Waals surface area contributed by atoms with Gasteiger partial charge in [0.2, 0.25) is 0 Å². The van der Waals surface area contributed by atoms with Crippen LogP contribution in [0.5, 0.6) is 0 Å². The van der Waals surface area contributed by atoms with E-state index in [4.69, 9.17) is 11.6 Å². The minimum atomic E-state index is -0.522. The minimum Gasteiger partial charge on any atom is -0.342 e. The number of rotatable bonds is 3. The predicted octanol–water partition coefficient (Wildman–Crippen LogP) is 3.02. The SMILES string of the molecule is Cc1cc(C(=O)C(=O)N(C)C)c(C)n1-c1ccc(Cl)cc1. The molecule has 4 nitrogen and oxygen atoms in total. The number of carbonyl (C=O) groups excluding carboxylic acids is 2. The van der Waals surface area contributed by atoms with Gasteiger partial charge in [0.25, 0.3) is 11.7 Å². The summed E-state index contributed by atoms with van der Waals surface area (Å²) in [4.78, 5) is 25.4. The minimum absolute atomic E-state index is 0.432. The fourth-order valence-corrected chi connectivity index (χ4v) is 2.42. The number of likely N-dealkylation sites (N-methyl/N-ethyl adjacent to an activating group) is 1. The van der Waals surface area contributed by atoms with E-state index >= 15 is 0 Å². The van der Waals surface area contributed by atoms with Crippen molar-refractivity contribution in [3.05, 3.63) is 52.3 Å². The molecule has 0 saturated heterocycles. The first kappa shape index (κ1) is 15.3. The average Bonchev–Trinajstić information content (AvgIpc) is 2.73. The van der Waals surface area contributed by atoms with Crippen molar-refractivity contribution in [1.82, 2.24) is 9.47 Å². The number of carbonyl (C=O) groups is 2. The molecule has 0 spiro atoms. The summed E-state index contributed by atoms with van der Waals surface area (Å²) in [5, 5.41) is 0.653. The summed E-state index contributed by atoms with van der Waals surface area (Å²) < 4.78 is 1.94. The van der Waals surface area contributed by atoms with Gasteiger partial charge >= 0.3 is 0 Å². The van der Waals surface area contributed by atoms with Gasteiger partial charge in [-0.25, -0.2) is 0 Å². The predicted molar refractivity (Wildman–Crippen MR) is 83.3 cm³/mol. The van der Waals surface area contributed by atoms with E-state index < -0.39 is 11.7 Å². The number of Topliss-reactive ketones (excluding diaryl/α,β-unsaturated/α-hetero) is 1. The highest BCUT2D eigenvalue weighted by Crippen LogP contribution is 2.22. The Morgan fingerprint density at radius 2 is 1.67 bits per heavy atom. The van der Waals surface area contributed by atoms with Gasteiger partial charge in [-0.05, 0) is 44.2 Å². The Bertz CT molecular complexity index is 700. The van der Waals surface area contributed by atoms with Crippen molar-refractivity contribution in [2.45, 2.75) is 13.8 Å². The highest BCUT2D eigenvalue weighted by atomic mass is 35.5. The third kappa shape index (κ3) is 2.85. The van der Waals surface area contributed by atoms with Crippen LogP contribution in [-0.2, 0) is 4.79 Å². The summed E-state index contributed by atoms with van der Waals surface area (Å²) >= 11 is 5.90. The molecule has 1 aromatic heterocycles. The largest absolute Gasteiger partial charge is 0.342 e. The number of ketones is 1. The molecular formula is C16H17ClN2O2. The van der Waals surface area contributed by atoms with Crippen LogP contribution < -0.4 is 0 Å². The van der Waals surface area contributed by atoms with Gasteiger partial charge in [-0.1, -0.05) is 11.6 Å². The summed E-state index contributed by atoms with van der Waals surface area (Å²) in [6.45, 7) is 3.73. The third-order valence-electron chi connectivity index (χ3n) is 3.36. The van der Waals surface area contributed by atoms with E-state index in [-0.39, 0.29) is 0 Å². The monoisotopic (exact) mass is 304 g/mol. The third-order valence-corrected chi connectivity index (χ3v) is 3.61. The van der Waals surface area contributed by atoms with E-state index in [9.17, 15) is 9.59 Å². The van der Waals surface area contributed by atoms with Crippen molar-refractivity contribution >= 4 is 23.3 Å². The normalized spacial score (nSPS) is 10.5. The van der Waals surface area contributed by atoms with Crippen molar-refractivity contribution in [3.63, 3.8) is 0 Å². The highest BCUT2D eigenvalue weighted by molar-refractivity contribution is 6.43. The Morgan fingerprint density at radius 3 is 2.19 bits per heavy atom. The van der Waals surface area contributed by atoms with Crippen LogP contribution in [0.1, 0.15) is 21.7 Å². The lowest BCUT2D eigenvalue weighted by Crippen LogP contribution is -2.30. The Labute approximate surface area is 128 Å². The van der Waals surface area contributed by atoms with Gasteiger partial charge in [0.1, 0.15) is 0 Å². The van der Waals surface area contributed by atoms with Gasteiger partial charge in [-0.2, -0.15) is 0 Å². The molecule has 1 heterocycles. The maximum Gasteiger partial charge on any atom is 0.294 e. The first-order chi connectivity index (χ1) is 9.82. The summed E-state index contributed by atoms with van der Waals surface area (Å²) in [6.07, 6.45) is 0. The van der Waals surface area contributed by atoms with Crippen LogP contribution in [0.4, 0.5) is 0 Å². The second-order valence-electron chi connectivity index (χ2n) is 5.13. The van der Waals surface area contributed by atoms with Gasteiger partial charge in [-0.15, -0.1) is 0 Å². The van der Waals surface area contributed by atoms with E-state index in [1.165, 1.54) is 4.90 Å². The molecule has 0 aliphatic carbocycles. The quantitative estimate of drug-likeness (QED) is 0.646. The van der Waals surface area contributed by atoms with E-state index in [1.54, 1.807) is 32.3 Å². The van der Waals surface area contributed by atoms with E-state index in [0.717, 1.165) is 17.1 Å². The molecule has 0 saturated carbocycles. The Hall–Kier alpha value is -2.07. The lowest BCUT2D eigenvalue weighted by atomic mass is 10.1. The summed E-state index contributed by atoms with van der Waals surface area (Å²) in [5.41, 5.74) is 2.98. The maximum atomic E-state index is 12.2. The molecule has 0 bridgehead atoms. The molecule has 21 heavy (non-hydrogen) atoms. The summed E-state index contributed by atoms with van der Waals surface area (Å²) in [6, 6.07) is 9.09. The highest BCUT2D eigenvalue weighted by Gasteiger charge is 2.23. The van der Waals surface area contributed by atoms with Gasteiger partial charge in [-0.3, -0.25) is 9.59 Å². The molecule has 0 aliphatic rings. The lowest BCUT2D eigenvalue weighted by Gasteiger charge is -2.11. The van der Waals surface area contributed by atoms with Crippen LogP contribution >= 0.6 is 11.6 Å². The molecule has 0 N–H and O–H groups in total. The second-order valence-corrected chi connectivity index (χ2v) is 5.56. The summed E-state index contributed by atoms with van der Waals surface area (Å²) in [5.74, 6) is -1.01. The molecule has 0 fully saturated rings. The second kappa shape index (κ2) is 5.74. The van der Waals surface area contributed by atoms with Crippen molar-refractivity contribution in [3.8, 4) is 5.69 Å². The van der Waals surface area contributed by atoms with Crippen LogP contribution in [0.3, 0.4) is 0 Å². The zero-order chi connectivity index (χ0) is 15.7. The van der Waals surface area contributed by atoms with Crippen LogP contribution in [0.2, 0.25) is 5.02 Å².